The predicted molar refractivity (Wildman–Crippen MR) is 80.5 cm³/mol. The van der Waals surface area contributed by atoms with E-state index in [2.05, 4.69) is 0 Å². The number of benzene rings is 1. The number of allylic oxidation sites excluding steroid dienone is 2. The highest BCUT2D eigenvalue weighted by Gasteiger charge is 2.25. The fraction of sp³-hybridized carbons (Fsp3) is 0.412. The number of hydrogen-bond acceptors (Lipinski definition) is 2. The number of carboxylic acids is 1. The van der Waals surface area contributed by atoms with Crippen LogP contribution in [0.5, 0.6) is 0 Å². The molecule has 1 amide bonds. The highest BCUT2D eigenvalue weighted by atomic mass is 19.2. The van der Waals surface area contributed by atoms with Gasteiger partial charge in [0.15, 0.2) is 11.6 Å². The molecule has 1 aromatic carbocycles. The molecule has 1 aliphatic carbocycles. The van der Waals surface area contributed by atoms with Gasteiger partial charge in [-0.3, -0.25) is 9.59 Å². The molecule has 0 heterocycles. The van der Waals surface area contributed by atoms with Gasteiger partial charge in [0.25, 0.3) is 0 Å². The molecule has 4 nitrogen and oxygen atoms in total. The van der Waals surface area contributed by atoms with Gasteiger partial charge in [-0.05, 0) is 37.0 Å². The number of hydrogen-bond donors (Lipinski definition) is 1. The third-order valence-electron chi connectivity index (χ3n) is 3.88. The van der Waals surface area contributed by atoms with Crippen LogP contribution in [0.25, 0.3) is 0 Å². The Morgan fingerprint density at radius 2 is 2.00 bits per heavy atom. The first-order chi connectivity index (χ1) is 11.0. The second-order valence-corrected chi connectivity index (χ2v) is 5.63. The molecule has 23 heavy (non-hydrogen) atoms. The zero-order chi connectivity index (χ0) is 16.8. The molecule has 0 saturated heterocycles. The van der Waals surface area contributed by atoms with Crippen molar-refractivity contribution in [2.75, 3.05) is 6.54 Å². The van der Waals surface area contributed by atoms with Crippen LogP contribution in [-0.2, 0) is 16.1 Å². The maximum absolute atomic E-state index is 13.3. The first-order valence-corrected chi connectivity index (χ1v) is 7.57. The average molecular weight is 323 g/mol. The molecule has 1 aromatic rings. The highest BCUT2D eigenvalue weighted by Crippen LogP contribution is 2.22. The zero-order valence-corrected chi connectivity index (χ0v) is 12.7. The van der Waals surface area contributed by atoms with Crippen LogP contribution in [0.4, 0.5) is 8.78 Å². The fourth-order valence-corrected chi connectivity index (χ4v) is 2.63. The summed E-state index contributed by atoms with van der Waals surface area (Å²) in [6, 6.07) is 3.45. The maximum Gasteiger partial charge on any atom is 0.305 e. The zero-order valence-electron chi connectivity index (χ0n) is 12.7. The molecule has 0 saturated carbocycles. The van der Waals surface area contributed by atoms with Gasteiger partial charge in [0.1, 0.15) is 0 Å². The van der Waals surface area contributed by atoms with Gasteiger partial charge in [-0.25, -0.2) is 8.78 Å². The minimum atomic E-state index is -1.00. The average Bonchev–Trinajstić information content (AvgIpc) is 2.54. The molecule has 0 unspecified atom stereocenters. The van der Waals surface area contributed by atoms with E-state index in [-0.39, 0.29) is 31.3 Å². The summed E-state index contributed by atoms with van der Waals surface area (Å²) >= 11 is 0. The first-order valence-electron chi connectivity index (χ1n) is 7.57. The molecule has 0 aromatic heterocycles. The molecular weight excluding hydrogens is 304 g/mol. The van der Waals surface area contributed by atoms with Gasteiger partial charge in [-0.2, -0.15) is 0 Å². The van der Waals surface area contributed by atoms with Gasteiger partial charge >= 0.3 is 5.97 Å². The van der Waals surface area contributed by atoms with E-state index in [0.717, 1.165) is 25.0 Å². The summed E-state index contributed by atoms with van der Waals surface area (Å²) in [7, 11) is 0. The Hall–Kier alpha value is -2.24. The van der Waals surface area contributed by atoms with E-state index >= 15 is 0 Å². The molecule has 2 rings (SSSR count). The molecule has 1 N–H and O–H groups in total. The predicted octanol–water partition coefficient (Wildman–Crippen LogP) is 3.12. The Balaban J connectivity index is 2.12. The van der Waals surface area contributed by atoms with Crippen LogP contribution >= 0.6 is 0 Å². The maximum atomic E-state index is 13.3. The van der Waals surface area contributed by atoms with Crippen LogP contribution in [0, 0.1) is 17.6 Å². The SMILES string of the molecule is O=C(O)CCN(Cc1ccc(F)c(F)c1)C(=O)[C@@H]1CC=CCC1. The van der Waals surface area contributed by atoms with Crippen molar-refractivity contribution < 1.29 is 23.5 Å². The summed E-state index contributed by atoms with van der Waals surface area (Å²) in [6.07, 6.45) is 5.93. The van der Waals surface area contributed by atoms with Crippen molar-refractivity contribution in [3.63, 3.8) is 0 Å². The number of carboxylic acid groups (broad SMARTS) is 1. The molecule has 0 radical (unpaired) electrons. The van der Waals surface area contributed by atoms with E-state index < -0.39 is 17.6 Å². The van der Waals surface area contributed by atoms with Crippen molar-refractivity contribution in [3.05, 3.63) is 47.5 Å². The third kappa shape index (κ3) is 4.87. The number of aliphatic carboxylic acids is 1. The van der Waals surface area contributed by atoms with Gasteiger partial charge in [0.05, 0.1) is 6.42 Å². The largest absolute Gasteiger partial charge is 0.481 e. The van der Waals surface area contributed by atoms with E-state index in [0.29, 0.717) is 12.0 Å². The van der Waals surface area contributed by atoms with E-state index in [1.807, 2.05) is 12.2 Å². The van der Waals surface area contributed by atoms with Gasteiger partial charge in [-0.1, -0.05) is 18.2 Å². The number of halogens is 2. The molecule has 1 aliphatic rings. The molecule has 0 spiro atoms. The summed E-state index contributed by atoms with van der Waals surface area (Å²) < 4.78 is 26.3. The van der Waals surface area contributed by atoms with Gasteiger partial charge in [-0.15, -0.1) is 0 Å². The lowest BCUT2D eigenvalue weighted by molar-refractivity contribution is -0.140. The van der Waals surface area contributed by atoms with Crippen LogP contribution in [0.3, 0.4) is 0 Å². The topological polar surface area (TPSA) is 57.6 Å². The van der Waals surface area contributed by atoms with Crippen LogP contribution in [0.1, 0.15) is 31.2 Å². The molecular formula is C17H19F2NO3. The van der Waals surface area contributed by atoms with Crippen molar-refractivity contribution in [1.82, 2.24) is 4.90 Å². The second kappa shape index (κ2) is 7.85. The lowest BCUT2D eigenvalue weighted by atomic mass is 9.93. The summed E-state index contributed by atoms with van der Waals surface area (Å²) in [6.45, 7) is 0.122. The lowest BCUT2D eigenvalue weighted by Gasteiger charge is -2.27. The minimum absolute atomic E-state index is 0.0490. The van der Waals surface area contributed by atoms with Crippen molar-refractivity contribution in [3.8, 4) is 0 Å². The Morgan fingerprint density at radius 1 is 1.22 bits per heavy atom. The van der Waals surface area contributed by atoms with Crippen LogP contribution in [0.2, 0.25) is 0 Å². The van der Waals surface area contributed by atoms with Crippen LogP contribution in [-0.4, -0.2) is 28.4 Å². The fourth-order valence-electron chi connectivity index (χ4n) is 2.63. The molecule has 1 atom stereocenters. The molecule has 0 aliphatic heterocycles. The first kappa shape index (κ1) is 17.1. The Morgan fingerprint density at radius 3 is 2.61 bits per heavy atom. The molecule has 0 fully saturated rings. The van der Waals surface area contributed by atoms with E-state index in [1.54, 1.807) is 0 Å². The van der Waals surface area contributed by atoms with Crippen LogP contribution < -0.4 is 0 Å². The Labute approximate surface area is 133 Å². The number of carbonyl (C=O) groups is 2. The van der Waals surface area contributed by atoms with Crippen molar-refractivity contribution >= 4 is 11.9 Å². The molecule has 0 bridgehead atoms. The number of amides is 1. The van der Waals surface area contributed by atoms with E-state index in [1.165, 1.54) is 11.0 Å². The lowest BCUT2D eigenvalue weighted by Crippen LogP contribution is -2.37. The summed E-state index contributed by atoms with van der Waals surface area (Å²) in [4.78, 5) is 24.8. The summed E-state index contributed by atoms with van der Waals surface area (Å²) in [5, 5.41) is 8.84. The highest BCUT2D eigenvalue weighted by molar-refractivity contribution is 5.79. The van der Waals surface area contributed by atoms with Crippen LogP contribution in [0.15, 0.2) is 30.4 Å². The van der Waals surface area contributed by atoms with Gasteiger partial charge in [0, 0.05) is 19.0 Å². The number of rotatable bonds is 6. The van der Waals surface area contributed by atoms with Gasteiger partial charge in [0.2, 0.25) is 5.91 Å². The van der Waals surface area contributed by atoms with Crippen molar-refractivity contribution in [2.24, 2.45) is 5.92 Å². The molecule has 6 heteroatoms. The molecule has 124 valence electrons. The number of carbonyl (C=O) groups excluding carboxylic acids is 1. The second-order valence-electron chi connectivity index (χ2n) is 5.63. The standard InChI is InChI=1S/C17H19F2NO3/c18-14-7-6-12(10-15(14)19)11-20(9-8-16(21)22)17(23)13-4-2-1-3-5-13/h1-2,6-7,10,13H,3-5,8-9,11H2,(H,21,22)/t13-/m1/s1. The van der Waals surface area contributed by atoms with Crippen molar-refractivity contribution in [1.29, 1.82) is 0 Å². The number of nitrogens with zero attached hydrogens (tertiary/aromatic N) is 1. The monoisotopic (exact) mass is 323 g/mol. The Bertz CT molecular complexity index is 616. The van der Waals surface area contributed by atoms with E-state index in [4.69, 9.17) is 5.11 Å². The summed E-state index contributed by atoms with van der Waals surface area (Å²) in [5.41, 5.74) is 0.439. The quantitative estimate of drug-likeness (QED) is 0.818. The normalized spacial score (nSPS) is 17.0. The van der Waals surface area contributed by atoms with Gasteiger partial charge < -0.3 is 10.0 Å². The minimum Gasteiger partial charge on any atom is -0.481 e. The Kier molecular flexibility index (Phi) is 5.84. The summed E-state index contributed by atoms with van der Waals surface area (Å²) in [5.74, 6) is -3.25. The smallest absolute Gasteiger partial charge is 0.305 e. The third-order valence-corrected chi connectivity index (χ3v) is 3.88. The van der Waals surface area contributed by atoms with Crippen molar-refractivity contribution in [2.45, 2.75) is 32.2 Å². The van der Waals surface area contributed by atoms with E-state index in [9.17, 15) is 18.4 Å².